The van der Waals surface area contributed by atoms with Crippen molar-refractivity contribution in [1.29, 1.82) is 0 Å². The van der Waals surface area contributed by atoms with Gasteiger partial charge in [-0.25, -0.2) is 9.89 Å². The van der Waals surface area contributed by atoms with Crippen LogP contribution in [-0.2, 0) is 12.2 Å². The summed E-state index contributed by atoms with van der Waals surface area (Å²) in [6.45, 7) is 4.69. The lowest BCUT2D eigenvalue weighted by Gasteiger charge is -2.12. The van der Waals surface area contributed by atoms with Crippen LogP contribution in [0, 0.1) is 0 Å². The number of aromatic nitrogens is 3. The van der Waals surface area contributed by atoms with E-state index in [0.29, 0.717) is 18.4 Å². The summed E-state index contributed by atoms with van der Waals surface area (Å²) in [5.41, 5.74) is 2.16. The number of rotatable bonds is 6. The van der Waals surface area contributed by atoms with Gasteiger partial charge in [-0.15, -0.1) is 5.10 Å². The molecule has 1 aliphatic carbocycles. The Morgan fingerprint density at radius 3 is 3.04 bits per heavy atom. The molecular formula is C17H21N3O3S. The van der Waals surface area contributed by atoms with Crippen LogP contribution in [0.2, 0.25) is 0 Å². The first-order valence-electron chi connectivity index (χ1n) is 8.40. The molecule has 1 aromatic carbocycles. The normalized spacial score (nSPS) is 19.2. The van der Waals surface area contributed by atoms with E-state index in [1.54, 1.807) is 16.3 Å². The van der Waals surface area contributed by atoms with Crippen molar-refractivity contribution in [3.05, 3.63) is 33.7 Å². The molecule has 6 nitrogen and oxygen atoms in total. The number of H-pyrrole nitrogens is 1. The second-order valence-corrected chi connectivity index (χ2v) is 7.28. The Kier molecular flexibility index (Phi) is 4.04. The maximum Gasteiger partial charge on any atom is 0.344 e. The van der Waals surface area contributed by atoms with Crippen molar-refractivity contribution in [1.82, 2.24) is 14.8 Å². The standard InChI is InChI=1S/C17H21N3O3S/c1-3-22-14-7-11-6-10(2)23-15(11)8-12(14)9-24-17-19-18-16(21)20(17)13-4-5-13/h7-8,10,13H,3-6,9H2,1-2H3,(H,18,21). The van der Waals surface area contributed by atoms with Crippen LogP contribution in [0.15, 0.2) is 22.1 Å². The lowest BCUT2D eigenvalue weighted by molar-refractivity contribution is 0.254. The van der Waals surface area contributed by atoms with Gasteiger partial charge in [-0.05, 0) is 38.8 Å². The van der Waals surface area contributed by atoms with Crippen LogP contribution in [-0.4, -0.2) is 27.5 Å². The fourth-order valence-electron chi connectivity index (χ4n) is 3.07. The van der Waals surface area contributed by atoms with E-state index < -0.39 is 0 Å². The van der Waals surface area contributed by atoms with E-state index in [2.05, 4.69) is 29.3 Å². The molecule has 7 heteroatoms. The molecule has 0 bridgehead atoms. The zero-order valence-electron chi connectivity index (χ0n) is 13.9. The lowest BCUT2D eigenvalue weighted by Crippen LogP contribution is -2.16. The van der Waals surface area contributed by atoms with Crippen molar-refractivity contribution in [3.63, 3.8) is 0 Å². The van der Waals surface area contributed by atoms with Gasteiger partial charge < -0.3 is 9.47 Å². The number of fused-ring (bicyclic) bond motifs is 1. The van der Waals surface area contributed by atoms with Gasteiger partial charge in [0, 0.05) is 29.3 Å². The first-order valence-corrected chi connectivity index (χ1v) is 9.39. The highest BCUT2D eigenvalue weighted by atomic mass is 32.2. The highest BCUT2D eigenvalue weighted by molar-refractivity contribution is 7.98. The molecule has 1 N–H and O–H groups in total. The Morgan fingerprint density at radius 1 is 1.46 bits per heavy atom. The summed E-state index contributed by atoms with van der Waals surface area (Å²) in [7, 11) is 0. The van der Waals surface area contributed by atoms with Crippen LogP contribution in [0.4, 0.5) is 0 Å². The molecule has 128 valence electrons. The van der Waals surface area contributed by atoms with Gasteiger partial charge in [0.25, 0.3) is 0 Å². The van der Waals surface area contributed by atoms with Crippen molar-refractivity contribution in [3.8, 4) is 11.5 Å². The topological polar surface area (TPSA) is 69.1 Å². The first-order chi connectivity index (χ1) is 11.7. The number of hydrogen-bond acceptors (Lipinski definition) is 5. The van der Waals surface area contributed by atoms with E-state index in [-0.39, 0.29) is 11.8 Å². The van der Waals surface area contributed by atoms with Crippen LogP contribution < -0.4 is 15.2 Å². The quantitative estimate of drug-likeness (QED) is 0.814. The van der Waals surface area contributed by atoms with Crippen molar-refractivity contribution in [2.45, 2.75) is 56.2 Å². The van der Waals surface area contributed by atoms with E-state index in [1.807, 2.05) is 6.92 Å². The number of benzene rings is 1. The molecule has 0 saturated heterocycles. The summed E-state index contributed by atoms with van der Waals surface area (Å²) < 4.78 is 13.5. The average molecular weight is 347 g/mol. The van der Waals surface area contributed by atoms with Gasteiger partial charge in [-0.1, -0.05) is 11.8 Å². The fraction of sp³-hybridized carbons (Fsp3) is 0.529. The van der Waals surface area contributed by atoms with Crippen LogP contribution in [0.3, 0.4) is 0 Å². The van der Waals surface area contributed by atoms with Crippen LogP contribution >= 0.6 is 11.8 Å². The molecule has 0 spiro atoms. The third kappa shape index (κ3) is 2.92. The minimum atomic E-state index is -0.115. The smallest absolute Gasteiger partial charge is 0.344 e. The largest absolute Gasteiger partial charge is 0.494 e. The zero-order valence-corrected chi connectivity index (χ0v) is 14.7. The third-order valence-electron chi connectivity index (χ3n) is 4.32. The molecule has 1 saturated carbocycles. The molecule has 2 aliphatic rings. The molecule has 1 aliphatic heterocycles. The number of hydrogen-bond donors (Lipinski definition) is 1. The van der Waals surface area contributed by atoms with E-state index in [9.17, 15) is 4.79 Å². The highest BCUT2D eigenvalue weighted by Crippen LogP contribution is 2.39. The van der Waals surface area contributed by atoms with Gasteiger partial charge in [0.2, 0.25) is 0 Å². The molecule has 2 aromatic rings. The van der Waals surface area contributed by atoms with Gasteiger partial charge in [-0.3, -0.25) is 4.57 Å². The summed E-state index contributed by atoms with van der Waals surface area (Å²) in [6.07, 6.45) is 3.25. The lowest BCUT2D eigenvalue weighted by atomic mass is 10.1. The maximum absolute atomic E-state index is 11.9. The Hall–Kier alpha value is -1.89. The van der Waals surface area contributed by atoms with Crippen molar-refractivity contribution in [2.75, 3.05) is 6.61 Å². The van der Waals surface area contributed by atoms with Crippen molar-refractivity contribution in [2.24, 2.45) is 0 Å². The van der Waals surface area contributed by atoms with Gasteiger partial charge in [0.15, 0.2) is 5.16 Å². The third-order valence-corrected chi connectivity index (χ3v) is 5.32. The number of nitrogens with one attached hydrogen (secondary N) is 1. The fourth-order valence-corrected chi connectivity index (χ4v) is 4.06. The van der Waals surface area contributed by atoms with Crippen LogP contribution in [0.1, 0.15) is 43.9 Å². The molecule has 24 heavy (non-hydrogen) atoms. The zero-order chi connectivity index (χ0) is 16.7. The molecule has 0 radical (unpaired) electrons. The van der Waals surface area contributed by atoms with E-state index >= 15 is 0 Å². The SMILES string of the molecule is CCOc1cc2c(cc1CSc1n[nH]c(=O)n1C1CC1)OC(C)C2. The Bertz CT molecular complexity index is 810. The number of nitrogens with zero attached hydrogens (tertiary/aromatic N) is 2. The monoisotopic (exact) mass is 347 g/mol. The minimum absolute atomic E-state index is 0.115. The molecule has 1 atom stereocenters. The number of thioether (sulfide) groups is 1. The van der Waals surface area contributed by atoms with Crippen molar-refractivity contribution < 1.29 is 9.47 Å². The predicted molar refractivity (Wildman–Crippen MR) is 92.1 cm³/mol. The van der Waals surface area contributed by atoms with E-state index in [4.69, 9.17) is 9.47 Å². The molecule has 1 aromatic heterocycles. The molecule has 1 fully saturated rings. The van der Waals surface area contributed by atoms with Crippen LogP contribution in [0.25, 0.3) is 0 Å². The average Bonchev–Trinajstić information content (AvgIpc) is 3.22. The molecule has 1 unspecified atom stereocenters. The summed E-state index contributed by atoms with van der Waals surface area (Å²) in [5.74, 6) is 2.54. The van der Waals surface area contributed by atoms with Gasteiger partial charge in [0.05, 0.1) is 6.61 Å². The van der Waals surface area contributed by atoms with E-state index in [0.717, 1.165) is 41.5 Å². The maximum atomic E-state index is 11.9. The molecular weight excluding hydrogens is 326 g/mol. The number of aromatic amines is 1. The summed E-state index contributed by atoms with van der Waals surface area (Å²) >= 11 is 1.56. The Balaban J connectivity index is 1.58. The summed E-state index contributed by atoms with van der Waals surface area (Å²) in [4.78, 5) is 11.9. The van der Waals surface area contributed by atoms with Gasteiger partial charge >= 0.3 is 5.69 Å². The predicted octanol–water partition coefficient (Wildman–Crippen LogP) is 2.92. The molecule has 0 amide bonds. The Morgan fingerprint density at radius 2 is 2.29 bits per heavy atom. The molecule has 2 heterocycles. The summed E-state index contributed by atoms with van der Waals surface area (Å²) in [6, 6.07) is 4.48. The molecule has 4 rings (SSSR count). The van der Waals surface area contributed by atoms with Gasteiger partial charge in [0.1, 0.15) is 17.6 Å². The van der Waals surface area contributed by atoms with Gasteiger partial charge in [-0.2, -0.15) is 0 Å². The second-order valence-electron chi connectivity index (χ2n) is 6.33. The number of ether oxygens (including phenoxy) is 2. The second kappa shape index (κ2) is 6.20. The van der Waals surface area contributed by atoms with E-state index in [1.165, 1.54) is 5.56 Å². The highest BCUT2D eigenvalue weighted by Gasteiger charge is 2.29. The minimum Gasteiger partial charge on any atom is -0.494 e. The summed E-state index contributed by atoms with van der Waals surface area (Å²) in [5, 5.41) is 7.48. The van der Waals surface area contributed by atoms with Crippen LogP contribution in [0.5, 0.6) is 11.5 Å². The first kappa shape index (κ1) is 15.6. The van der Waals surface area contributed by atoms with Crippen molar-refractivity contribution >= 4 is 11.8 Å². The Labute approximate surface area is 144 Å².